The van der Waals surface area contributed by atoms with E-state index in [1.165, 1.54) is 0 Å². The van der Waals surface area contributed by atoms with Gasteiger partial charge in [0.2, 0.25) is 5.88 Å². The third-order valence-electron chi connectivity index (χ3n) is 4.09. The summed E-state index contributed by atoms with van der Waals surface area (Å²) in [5.74, 6) is 0.536. The molecule has 128 valence electrons. The minimum absolute atomic E-state index is 0.0793. The summed E-state index contributed by atoms with van der Waals surface area (Å²) in [6.07, 6.45) is 0.646. The molecule has 1 aliphatic heterocycles. The highest BCUT2D eigenvalue weighted by Crippen LogP contribution is 2.20. The number of nitrogens with one attached hydrogen (secondary N) is 2. The maximum Gasteiger partial charge on any atom is 0.213 e. The van der Waals surface area contributed by atoms with Gasteiger partial charge in [-0.05, 0) is 37.1 Å². The minimum Gasteiger partial charge on any atom is -0.478 e. The number of aromatic nitrogens is 1. The van der Waals surface area contributed by atoms with E-state index in [2.05, 4.69) is 15.6 Å². The molecule has 0 spiro atoms. The van der Waals surface area contributed by atoms with Crippen LogP contribution in [-0.2, 0) is 6.42 Å². The number of ether oxygens (including phenoxy) is 1. The summed E-state index contributed by atoms with van der Waals surface area (Å²) in [7, 11) is 0. The Labute approximate surface area is 140 Å². The Morgan fingerprint density at radius 1 is 1.33 bits per heavy atom. The molecule has 1 unspecified atom stereocenters. The van der Waals surface area contributed by atoms with Crippen molar-refractivity contribution >= 4 is 5.69 Å². The molecule has 3 atom stereocenters. The fraction of sp³-hybridized carbons (Fsp3) is 0.389. The number of aliphatic hydroxyl groups excluding tert-OH is 1. The molecule has 3 rings (SSSR count). The van der Waals surface area contributed by atoms with Crippen LogP contribution in [0.4, 0.5) is 10.1 Å². The lowest BCUT2D eigenvalue weighted by atomic mass is 9.96. The molecule has 2 aromatic rings. The Balaban J connectivity index is 1.56. The number of rotatable bonds is 7. The van der Waals surface area contributed by atoms with E-state index in [4.69, 9.17) is 4.74 Å². The standard InChI is InChI=1S/C18H22FN3O2/c1-2-24-17-8-5-13(10-21-17)18(23)22-14-6-3-12(4-7-14)9-16-15(19)11-20-16/h3-8,10,15-16,18,20,22-23H,2,9,11H2,1H3/t15-,16-,18?/m0/s1. The molecule has 24 heavy (non-hydrogen) atoms. The summed E-state index contributed by atoms with van der Waals surface area (Å²) in [6, 6.07) is 11.1. The van der Waals surface area contributed by atoms with Crippen LogP contribution in [0.5, 0.6) is 5.88 Å². The number of aliphatic hydroxyl groups is 1. The molecular weight excluding hydrogens is 309 g/mol. The molecule has 0 saturated carbocycles. The van der Waals surface area contributed by atoms with Crippen molar-refractivity contribution in [3.63, 3.8) is 0 Å². The zero-order valence-corrected chi connectivity index (χ0v) is 13.6. The highest BCUT2D eigenvalue weighted by molar-refractivity contribution is 5.46. The van der Waals surface area contributed by atoms with Crippen LogP contribution in [-0.4, -0.2) is 35.5 Å². The van der Waals surface area contributed by atoms with Crippen molar-refractivity contribution < 1.29 is 14.2 Å². The van der Waals surface area contributed by atoms with Crippen molar-refractivity contribution in [2.45, 2.75) is 31.8 Å². The van der Waals surface area contributed by atoms with Gasteiger partial charge in [0, 0.05) is 36.1 Å². The summed E-state index contributed by atoms with van der Waals surface area (Å²) in [4.78, 5) is 4.14. The normalized spacial score (nSPS) is 21.0. The fourth-order valence-electron chi connectivity index (χ4n) is 2.59. The molecule has 3 N–H and O–H groups in total. The van der Waals surface area contributed by atoms with Gasteiger partial charge in [0.25, 0.3) is 0 Å². The molecule has 0 amide bonds. The molecule has 2 heterocycles. The quantitative estimate of drug-likeness (QED) is 0.680. The Morgan fingerprint density at radius 2 is 2.12 bits per heavy atom. The van der Waals surface area contributed by atoms with E-state index in [0.29, 0.717) is 31.0 Å². The van der Waals surface area contributed by atoms with E-state index >= 15 is 0 Å². The zero-order chi connectivity index (χ0) is 16.9. The number of benzene rings is 1. The van der Waals surface area contributed by atoms with E-state index in [1.807, 2.05) is 31.2 Å². The predicted molar refractivity (Wildman–Crippen MR) is 90.8 cm³/mol. The SMILES string of the molecule is CCOc1ccc(C(O)Nc2ccc(C[C@@H]3NC[C@@H]3F)cc2)cn1. The van der Waals surface area contributed by atoms with Crippen molar-refractivity contribution in [3.05, 3.63) is 53.7 Å². The van der Waals surface area contributed by atoms with Gasteiger partial charge < -0.3 is 20.5 Å². The third kappa shape index (κ3) is 4.01. The minimum atomic E-state index is -0.859. The Morgan fingerprint density at radius 3 is 2.67 bits per heavy atom. The number of nitrogens with zero attached hydrogens (tertiary/aromatic N) is 1. The highest BCUT2D eigenvalue weighted by Gasteiger charge is 2.29. The topological polar surface area (TPSA) is 66.4 Å². The Bertz CT molecular complexity index is 648. The van der Waals surface area contributed by atoms with Gasteiger partial charge in [-0.2, -0.15) is 0 Å². The summed E-state index contributed by atoms with van der Waals surface area (Å²) >= 11 is 0. The number of hydrogen-bond acceptors (Lipinski definition) is 5. The summed E-state index contributed by atoms with van der Waals surface area (Å²) < 4.78 is 18.5. The number of halogens is 1. The fourth-order valence-corrected chi connectivity index (χ4v) is 2.59. The molecule has 0 aliphatic carbocycles. The third-order valence-corrected chi connectivity index (χ3v) is 4.09. The molecule has 1 saturated heterocycles. The van der Waals surface area contributed by atoms with Crippen LogP contribution in [0.25, 0.3) is 0 Å². The first-order chi connectivity index (χ1) is 11.7. The Hall–Kier alpha value is -2.18. The van der Waals surface area contributed by atoms with Crippen molar-refractivity contribution in [2.75, 3.05) is 18.5 Å². The van der Waals surface area contributed by atoms with Gasteiger partial charge in [0.05, 0.1) is 6.61 Å². The van der Waals surface area contributed by atoms with Crippen LogP contribution < -0.4 is 15.4 Å². The largest absolute Gasteiger partial charge is 0.478 e. The summed E-state index contributed by atoms with van der Waals surface area (Å²) in [6.45, 7) is 2.90. The molecule has 6 heteroatoms. The molecule has 1 fully saturated rings. The number of alkyl halides is 1. The average Bonchev–Trinajstić information content (AvgIpc) is 2.60. The van der Waals surface area contributed by atoms with Gasteiger partial charge in [-0.3, -0.25) is 0 Å². The van der Waals surface area contributed by atoms with Gasteiger partial charge in [0.15, 0.2) is 6.23 Å². The maximum absolute atomic E-state index is 13.3. The van der Waals surface area contributed by atoms with Crippen molar-refractivity contribution in [1.29, 1.82) is 0 Å². The van der Waals surface area contributed by atoms with Crippen molar-refractivity contribution in [1.82, 2.24) is 10.3 Å². The van der Waals surface area contributed by atoms with Crippen LogP contribution in [0.2, 0.25) is 0 Å². The second-order valence-corrected chi connectivity index (χ2v) is 5.84. The summed E-state index contributed by atoms with van der Waals surface area (Å²) in [5.41, 5.74) is 2.51. The number of pyridine rings is 1. The lowest BCUT2D eigenvalue weighted by molar-refractivity contribution is 0.158. The maximum atomic E-state index is 13.3. The van der Waals surface area contributed by atoms with Gasteiger partial charge >= 0.3 is 0 Å². The lowest BCUT2D eigenvalue weighted by Gasteiger charge is -2.32. The zero-order valence-electron chi connectivity index (χ0n) is 13.6. The molecule has 0 bridgehead atoms. The molecule has 1 aromatic carbocycles. The van der Waals surface area contributed by atoms with E-state index < -0.39 is 12.4 Å². The van der Waals surface area contributed by atoms with E-state index in [-0.39, 0.29) is 6.04 Å². The average molecular weight is 331 g/mol. The molecule has 1 aliphatic rings. The summed E-state index contributed by atoms with van der Waals surface area (Å²) in [5, 5.41) is 16.3. The van der Waals surface area contributed by atoms with Crippen LogP contribution in [0, 0.1) is 0 Å². The second kappa shape index (κ2) is 7.59. The first-order valence-electron chi connectivity index (χ1n) is 8.15. The van der Waals surface area contributed by atoms with Gasteiger partial charge in [-0.15, -0.1) is 0 Å². The van der Waals surface area contributed by atoms with E-state index in [9.17, 15) is 9.50 Å². The smallest absolute Gasteiger partial charge is 0.213 e. The van der Waals surface area contributed by atoms with Crippen molar-refractivity contribution in [2.24, 2.45) is 0 Å². The number of anilines is 1. The molecule has 1 aromatic heterocycles. The van der Waals surface area contributed by atoms with Gasteiger partial charge in [-0.25, -0.2) is 9.37 Å². The monoisotopic (exact) mass is 331 g/mol. The van der Waals surface area contributed by atoms with Crippen LogP contribution in [0.15, 0.2) is 42.6 Å². The molecule has 5 nitrogen and oxygen atoms in total. The van der Waals surface area contributed by atoms with Crippen molar-refractivity contribution in [3.8, 4) is 5.88 Å². The molecular formula is C18H22FN3O2. The number of hydrogen-bond donors (Lipinski definition) is 3. The highest BCUT2D eigenvalue weighted by atomic mass is 19.1. The Kier molecular flexibility index (Phi) is 5.27. The molecule has 0 radical (unpaired) electrons. The lowest BCUT2D eigenvalue weighted by Crippen LogP contribution is -2.55. The second-order valence-electron chi connectivity index (χ2n) is 5.84. The predicted octanol–water partition coefficient (Wildman–Crippen LogP) is 2.44. The first kappa shape index (κ1) is 16.7. The van der Waals surface area contributed by atoms with E-state index in [1.54, 1.807) is 18.3 Å². The van der Waals surface area contributed by atoms with Gasteiger partial charge in [0.1, 0.15) is 6.17 Å². The van der Waals surface area contributed by atoms with E-state index in [0.717, 1.165) is 11.3 Å². The van der Waals surface area contributed by atoms with Crippen LogP contribution in [0.1, 0.15) is 24.3 Å². The van der Waals surface area contributed by atoms with Crippen LogP contribution >= 0.6 is 0 Å². The van der Waals surface area contributed by atoms with Gasteiger partial charge in [-0.1, -0.05) is 12.1 Å². The first-order valence-corrected chi connectivity index (χ1v) is 8.15. The van der Waals surface area contributed by atoms with Crippen LogP contribution in [0.3, 0.4) is 0 Å².